The van der Waals surface area contributed by atoms with Gasteiger partial charge in [0.25, 0.3) is 0 Å². The summed E-state index contributed by atoms with van der Waals surface area (Å²) in [5.41, 5.74) is 0.362. The van der Waals surface area contributed by atoms with Crippen LogP contribution in [-0.2, 0) is 0 Å². The van der Waals surface area contributed by atoms with E-state index in [2.05, 4.69) is 51.5 Å². The maximum Gasteiger partial charge on any atom is 0.0126 e. The maximum absolute atomic E-state index is 2.55. The van der Waals surface area contributed by atoms with Crippen molar-refractivity contribution in [2.75, 3.05) is 33.2 Å². The normalized spacial score (nSPS) is 17.3. The molecule has 1 aliphatic rings. The van der Waals surface area contributed by atoms with Gasteiger partial charge in [-0.1, -0.05) is 47.0 Å². The second-order valence-corrected chi connectivity index (χ2v) is 5.81. The molecule has 0 aliphatic carbocycles. The zero-order valence-electron chi connectivity index (χ0n) is 14.3. The SMILES string of the molecule is CC.CCCCC.CN1CCN(C(C)(C)C)CC1. The third kappa shape index (κ3) is 11.0. The lowest BCUT2D eigenvalue weighted by Crippen LogP contribution is -2.52. The highest BCUT2D eigenvalue weighted by Crippen LogP contribution is 2.14. The second kappa shape index (κ2) is 12.0. The molecule has 112 valence electrons. The average molecular weight is 258 g/mol. The molecule has 0 spiro atoms. The molecule has 1 rings (SSSR count). The van der Waals surface area contributed by atoms with Crippen LogP contribution < -0.4 is 0 Å². The van der Waals surface area contributed by atoms with Crippen LogP contribution in [0.25, 0.3) is 0 Å². The lowest BCUT2D eigenvalue weighted by Gasteiger charge is -2.41. The molecule has 0 N–H and O–H groups in total. The first kappa shape index (κ1) is 20.2. The zero-order chi connectivity index (χ0) is 14.6. The van der Waals surface area contributed by atoms with E-state index in [1.807, 2.05) is 13.8 Å². The first-order chi connectivity index (χ1) is 8.41. The Kier molecular flexibility index (Phi) is 13.5. The van der Waals surface area contributed by atoms with Crippen molar-refractivity contribution in [2.24, 2.45) is 0 Å². The van der Waals surface area contributed by atoms with Gasteiger partial charge in [0.05, 0.1) is 0 Å². The third-order valence-corrected chi connectivity index (χ3v) is 3.16. The molecule has 1 fully saturated rings. The molecule has 0 unspecified atom stereocenters. The van der Waals surface area contributed by atoms with Crippen LogP contribution in [0.1, 0.15) is 67.7 Å². The van der Waals surface area contributed by atoms with E-state index < -0.39 is 0 Å². The quantitative estimate of drug-likeness (QED) is 0.730. The maximum atomic E-state index is 2.55. The van der Waals surface area contributed by atoms with Crippen molar-refractivity contribution in [3.05, 3.63) is 0 Å². The minimum atomic E-state index is 0.362. The van der Waals surface area contributed by atoms with Crippen LogP contribution in [0.15, 0.2) is 0 Å². The Labute approximate surface area is 117 Å². The lowest BCUT2D eigenvalue weighted by atomic mass is 10.1. The van der Waals surface area contributed by atoms with Crippen molar-refractivity contribution >= 4 is 0 Å². The molecular formula is C16H38N2. The first-order valence-electron chi connectivity index (χ1n) is 7.85. The molecule has 0 aromatic carbocycles. The van der Waals surface area contributed by atoms with E-state index in [9.17, 15) is 0 Å². The highest BCUT2D eigenvalue weighted by Gasteiger charge is 2.23. The van der Waals surface area contributed by atoms with Gasteiger partial charge in [-0.3, -0.25) is 4.90 Å². The largest absolute Gasteiger partial charge is 0.304 e. The smallest absolute Gasteiger partial charge is 0.0126 e. The van der Waals surface area contributed by atoms with E-state index in [1.54, 1.807) is 0 Å². The van der Waals surface area contributed by atoms with Crippen LogP contribution in [0, 0.1) is 0 Å². The van der Waals surface area contributed by atoms with E-state index >= 15 is 0 Å². The summed E-state index contributed by atoms with van der Waals surface area (Å²) in [6, 6.07) is 0. The highest BCUT2D eigenvalue weighted by molar-refractivity contribution is 4.80. The van der Waals surface area contributed by atoms with Crippen LogP contribution in [0.4, 0.5) is 0 Å². The Bertz CT molecular complexity index is 151. The predicted octanol–water partition coefficient (Wildman–Crippen LogP) is 4.26. The molecule has 2 nitrogen and oxygen atoms in total. The van der Waals surface area contributed by atoms with Gasteiger partial charge in [0, 0.05) is 31.7 Å². The lowest BCUT2D eigenvalue weighted by molar-refractivity contribution is 0.0735. The van der Waals surface area contributed by atoms with Gasteiger partial charge < -0.3 is 4.90 Å². The van der Waals surface area contributed by atoms with Gasteiger partial charge in [-0.05, 0) is 27.8 Å². The monoisotopic (exact) mass is 258 g/mol. The fourth-order valence-corrected chi connectivity index (χ4v) is 1.83. The van der Waals surface area contributed by atoms with Gasteiger partial charge in [0.15, 0.2) is 0 Å². The Hall–Kier alpha value is -0.0800. The fraction of sp³-hybridized carbons (Fsp3) is 1.00. The van der Waals surface area contributed by atoms with Crippen LogP contribution in [0.5, 0.6) is 0 Å². The van der Waals surface area contributed by atoms with Gasteiger partial charge in [0.1, 0.15) is 0 Å². The van der Waals surface area contributed by atoms with Gasteiger partial charge in [-0.2, -0.15) is 0 Å². The van der Waals surface area contributed by atoms with Gasteiger partial charge >= 0.3 is 0 Å². The summed E-state index contributed by atoms with van der Waals surface area (Å²) < 4.78 is 0. The first-order valence-corrected chi connectivity index (χ1v) is 7.85. The summed E-state index contributed by atoms with van der Waals surface area (Å²) >= 11 is 0. The van der Waals surface area contributed by atoms with E-state index in [-0.39, 0.29) is 0 Å². The summed E-state index contributed by atoms with van der Waals surface area (Å²) in [5.74, 6) is 0. The molecule has 18 heavy (non-hydrogen) atoms. The van der Waals surface area contributed by atoms with Crippen LogP contribution in [-0.4, -0.2) is 48.6 Å². The number of piperazine rings is 1. The summed E-state index contributed by atoms with van der Waals surface area (Å²) in [6.45, 7) is 20.2. The molecule has 1 heterocycles. The van der Waals surface area contributed by atoms with Gasteiger partial charge in [0.2, 0.25) is 0 Å². The average Bonchev–Trinajstić information content (AvgIpc) is 2.33. The van der Waals surface area contributed by atoms with Crippen LogP contribution >= 0.6 is 0 Å². The topological polar surface area (TPSA) is 6.48 Å². The molecule has 0 atom stereocenters. The summed E-state index contributed by atoms with van der Waals surface area (Å²) in [4.78, 5) is 4.94. The molecular weight excluding hydrogens is 220 g/mol. The van der Waals surface area contributed by atoms with Crippen LogP contribution in [0.2, 0.25) is 0 Å². The minimum absolute atomic E-state index is 0.362. The van der Waals surface area contributed by atoms with Gasteiger partial charge in [-0.15, -0.1) is 0 Å². The molecule has 1 aliphatic heterocycles. The molecule has 1 saturated heterocycles. The minimum Gasteiger partial charge on any atom is -0.304 e. The Morgan fingerprint density at radius 3 is 1.44 bits per heavy atom. The van der Waals surface area contributed by atoms with E-state index in [4.69, 9.17) is 0 Å². The Morgan fingerprint density at radius 2 is 1.22 bits per heavy atom. The van der Waals surface area contributed by atoms with Crippen molar-refractivity contribution < 1.29 is 0 Å². The van der Waals surface area contributed by atoms with Crippen molar-refractivity contribution in [3.63, 3.8) is 0 Å². The predicted molar refractivity (Wildman–Crippen MR) is 85.4 cm³/mol. The van der Waals surface area contributed by atoms with E-state index in [0.29, 0.717) is 5.54 Å². The van der Waals surface area contributed by atoms with Crippen molar-refractivity contribution in [1.82, 2.24) is 9.80 Å². The standard InChI is InChI=1S/C9H20N2.C5H12.C2H6/c1-9(2,3)11-7-5-10(4)6-8-11;1-3-5-4-2;1-2/h5-8H2,1-4H3;3-5H2,1-2H3;1-2H3. The molecule has 0 bridgehead atoms. The van der Waals surface area contributed by atoms with E-state index in [0.717, 1.165) is 0 Å². The molecule has 0 saturated carbocycles. The van der Waals surface area contributed by atoms with Crippen molar-refractivity contribution in [2.45, 2.75) is 73.3 Å². The van der Waals surface area contributed by atoms with E-state index in [1.165, 1.54) is 45.4 Å². The molecule has 0 radical (unpaired) electrons. The Balaban J connectivity index is 0. The summed E-state index contributed by atoms with van der Waals surface area (Å²) in [6.07, 6.45) is 4.08. The molecule has 2 heteroatoms. The number of nitrogens with zero attached hydrogens (tertiary/aromatic N) is 2. The second-order valence-electron chi connectivity index (χ2n) is 5.81. The van der Waals surface area contributed by atoms with Crippen molar-refractivity contribution in [1.29, 1.82) is 0 Å². The number of likely N-dealkylation sites (N-methyl/N-ethyl adjacent to an activating group) is 1. The highest BCUT2D eigenvalue weighted by atomic mass is 15.3. The summed E-state index contributed by atoms with van der Waals surface area (Å²) in [7, 11) is 2.19. The van der Waals surface area contributed by atoms with Gasteiger partial charge in [-0.25, -0.2) is 0 Å². The fourth-order valence-electron chi connectivity index (χ4n) is 1.83. The number of rotatable bonds is 2. The molecule has 0 aromatic heterocycles. The molecule has 0 aromatic rings. The number of hydrogen-bond acceptors (Lipinski definition) is 2. The Morgan fingerprint density at radius 1 is 0.833 bits per heavy atom. The number of hydrogen-bond donors (Lipinski definition) is 0. The van der Waals surface area contributed by atoms with Crippen molar-refractivity contribution in [3.8, 4) is 0 Å². The molecule has 0 amide bonds. The van der Waals surface area contributed by atoms with Crippen LogP contribution in [0.3, 0.4) is 0 Å². The third-order valence-electron chi connectivity index (χ3n) is 3.16. The number of unbranched alkanes of at least 4 members (excludes halogenated alkanes) is 2. The zero-order valence-corrected chi connectivity index (χ0v) is 14.3. The summed E-state index contributed by atoms with van der Waals surface area (Å²) in [5, 5.41) is 0.